The maximum absolute atomic E-state index is 12.4. The molecule has 5 heteroatoms. The van der Waals surface area contributed by atoms with E-state index in [4.69, 9.17) is 0 Å². The molecule has 0 fully saturated rings. The Labute approximate surface area is 134 Å². The van der Waals surface area contributed by atoms with E-state index in [-0.39, 0.29) is 5.91 Å². The molecule has 3 rings (SSSR count). The van der Waals surface area contributed by atoms with Gasteiger partial charge in [0.1, 0.15) is 0 Å². The highest BCUT2D eigenvalue weighted by Crippen LogP contribution is 2.25. The van der Waals surface area contributed by atoms with E-state index in [2.05, 4.69) is 28.5 Å². The van der Waals surface area contributed by atoms with Crippen LogP contribution in [0.4, 0.5) is 0 Å². The summed E-state index contributed by atoms with van der Waals surface area (Å²) in [6.07, 6.45) is 7.55. The van der Waals surface area contributed by atoms with Gasteiger partial charge in [-0.1, -0.05) is 13.3 Å². The highest BCUT2D eigenvalue weighted by molar-refractivity contribution is 7.12. The van der Waals surface area contributed by atoms with Crippen LogP contribution in [0.3, 0.4) is 0 Å². The first-order valence-electron chi connectivity index (χ1n) is 7.65. The van der Waals surface area contributed by atoms with Gasteiger partial charge >= 0.3 is 0 Å². The van der Waals surface area contributed by atoms with Gasteiger partial charge in [0.2, 0.25) is 0 Å². The monoisotopic (exact) mass is 313 g/mol. The number of pyridine rings is 1. The number of hydrogen-bond acceptors (Lipinski definition) is 4. The zero-order valence-electron chi connectivity index (χ0n) is 12.7. The van der Waals surface area contributed by atoms with Gasteiger partial charge in [-0.15, -0.1) is 11.3 Å². The molecule has 1 amide bonds. The number of hydrogen-bond donors (Lipinski definition) is 0. The summed E-state index contributed by atoms with van der Waals surface area (Å²) in [7, 11) is 0. The molecule has 0 spiro atoms. The van der Waals surface area contributed by atoms with Crippen LogP contribution in [0, 0.1) is 0 Å². The second-order valence-electron chi connectivity index (χ2n) is 5.35. The minimum Gasteiger partial charge on any atom is -0.267 e. The molecular formula is C17H19N3OS. The number of thiophene rings is 1. The van der Waals surface area contributed by atoms with E-state index < -0.39 is 0 Å². The summed E-state index contributed by atoms with van der Waals surface area (Å²) in [6.45, 7) is 2.85. The molecule has 0 saturated heterocycles. The third kappa shape index (κ3) is 3.09. The average Bonchev–Trinajstić information content (AvgIpc) is 3.21. The van der Waals surface area contributed by atoms with Gasteiger partial charge in [0.25, 0.3) is 5.91 Å². The van der Waals surface area contributed by atoms with Crippen molar-refractivity contribution in [2.75, 3.05) is 6.54 Å². The average molecular weight is 313 g/mol. The number of nitrogens with zero attached hydrogens (tertiary/aromatic N) is 3. The van der Waals surface area contributed by atoms with Crippen molar-refractivity contribution in [3.8, 4) is 0 Å². The van der Waals surface area contributed by atoms with Crippen molar-refractivity contribution in [2.45, 2.75) is 32.6 Å². The zero-order chi connectivity index (χ0) is 15.4. The first-order valence-corrected chi connectivity index (χ1v) is 8.53. The molecule has 2 aromatic rings. The topological polar surface area (TPSA) is 45.6 Å². The van der Waals surface area contributed by atoms with Gasteiger partial charge in [0.05, 0.1) is 22.7 Å². The van der Waals surface area contributed by atoms with E-state index in [1.165, 1.54) is 23.3 Å². The third-order valence-electron chi connectivity index (χ3n) is 3.75. The molecule has 0 bridgehead atoms. The van der Waals surface area contributed by atoms with E-state index in [1.54, 1.807) is 40.9 Å². The van der Waals surface area contributed by atoms with Crippen molar-refractivity contribution in [1.82, 2.24) is 9.99 Å². The van der Waals surface area contributed by atoms with Crippen LogP contribution in [0.2, 0.25) is 0 Å². The van der Waals surface area contributed by atoms with Crippen LogP contribution < -0.4 is 0 Å². The third-order valence-corrected chi connectivity index (χ3v) is 4.76. The molecule has 2 aromatic heterocycles. The fourth-order valence-electron chi connectivity index (χ4n) is 2.55. The zero-order valence-corrected chi connectivity index (χ0v) is 13.5. The molecule has 1 aliphatic heterocycles. The fourth-order valence-corrected chi connectivity index (χ4v) is 3.52. The van der Waals surface area contributed by atoms with Crippen LogP contribution in [0.25, 0.3) is 0 Å². The summed E-state index contributed by atoms with van der Waals surface area (Å²) in [5.74, 6) is -0.0743. The Morgan fingerprint density at radius 1 is 1.41 bits per heavy atom. The molecule has 0 radical (unpaired) electrons. The standard InChI is InChI=1S/C17H19N3OS/c1-2-3-5-13-8-11-22-16(13)15-7-10-20(19-15)17(21)14-6-4-9-18-12-14/h4,6,8-9,11-12H,2-3,5,7,10H2,1H3. The molecule has 0 unspecified atom stereocenters. The lowest BCUT2D eigenvalue weighted by atomic mass is 10.1. The van der Waals surface area contributed by atoms with Gasteiger partial charge in [-0.25, -0.2) is 5.01 Å². The molecular weight excluding hydrogens is 294 g/mol. The Morgan fingerprint density at radius 3 is 3.09 bits per heavy atom. The van der Waals surface area contributed by atoms with Crippen molar-refractivity contribution in [2.24, 2.45) is 5.10 Å². The Morgan fingerprint density at radius 2 is 2.32 bits per heavy atom. The lowest BCUT2D eigenvalue weighted by Crippen LogP contribution is -2.23. The van der Waals surface area contributed by atoms with Crippen LogP contribution in [0.15, 0.2) is 41.1 Å². The van der Waals surface area contributed by atoms with Gasteiger partial charge in [0, 0.05) is 18.8 Å². The molecule has 4 nitrogen and oxygen atoms in total. The number of carbonyl (C=O) groups excluding carboxylic acids is 1. The van der Waals surface area contributed by atoms with E-state index >= 15 is 0 Å². The predicted molar refractivity (Wildman–Crippen MR) is 89.4 cm³/mol. The maximum atomic E-state index is 12.4. The largest absolute Gasteiger partial charge is 0.275 e. The lowest BCUT2D eigenvalue weighted by Gasteiger charge is -2.10. The van der Waals surface area contributed by atoms with Crippen LogP contribution in [0.1, 0.15) is 47.0 Å². The SMILES string of the molecule is CCCCc1ccsc1C1=NN(C(=O)c2cccnc2)CC1. The molecule has 3 heterocycles. The van der Waals surface area contributed by atoms with Crippen molar-refractivity contribution < 1.29 is 4.79 Å². The Hall–Kier alpha value is -2.01. The Bertz CT molecular complexity index is 678. The number of carbonyl (C=O) groups is 1. The normalized spacial score (nSPS) is 14.2. The number of amides is 1. The summed E-state index contributed by atoms with van der Waals surface area (Å²) in [4.78, 5) is 17.6. The predicted octanol–water partition coefficient (Wildman–Crippen LogP) is 3.74. The van der Waals surface area contributed by atoms with Crippen LogP contribution in [0.5, 0.6) is 0 Å². The van der Waals surface area contributed by atoms with Gasteiger partial charge in [-0.3, -0.25) is 9.78 Å². The number of rotatable bonds is 5. The van der Waals surface area contributed by atoms with Gasteiger partial charge in [0.15, 0.2) is 0 Å². The van der Waals surface area contributed by atoms with E-state index in [9.17, 15) is 4.79 Å². The quantitative estimate of drug-likeness (QED) is 0.844. The van der Waals surface area contributed by atoms with Gasteiger partial charge in [-0.2, -0.15) is 5.10 Å². The first kappa shape index (κ1) is 14.9. The molecule has 1 aliphatic rings. The van der Waals surface area contributed by atoms with Gasteiger partial charge < -0.3 is 0 Å². The van der Waals surface area contributed by atoms with E-state index in [1.807, 2.05) is 0 Å². The Balaban J connectivity index is 1.77. The van der Waals surface area contributed by atoms with Crippen LogP contribution in [-0.2, 0) is 6.42 Å². The minimum absolute atomic E-state index is 0.0743. The Kier molecular flexibility index (Phi) is 4.63. The smallest absolute Gasteiger partial charge is 0.267 e. The van der Waals surface area contributed by atoms with Crippen molar-refractivity contribution in [3.05, 3.63) is 52.0 Å². The number of hydrazone groups is 1. The summed E-state index contributed by atoms with van der Waals surface area (Å²) < 4.78 is 0. The van der Waals surface area contributed by atoms with Crippen molar-refractivity contribution in [3.63, 3.8) is 0 Å². The van der Waals surface area contributed by atoms with E-state index in [0.29, 0.717) is 12.1 Å². The van der Waals surface area contributed by atoms with Crippen LogP contribution in [-0.4, -0.2) is 28.2 Å². The minimum atomic E-state index is -0.0743. The molecule has 0 N–H and O–H groups in total. The summed E-state index contributed by atoms with van der Waals surface area (Å²) in [5, 5.41) is 8.24. The van der Waals surface area contributed by atoms with Crippen molar-refractivity contribution >= 4 is 23.0 Å². The summed E-state index contributed by atoms with van der Waals surface area (Å²) in [5.41, 5.74) is 2.99. The fraction of sp³-hybridized carbons (Fsp3) is 0.353. The molecule has 22 heavy (non-hydrogen) atoms. The maximum Gasteiger partial charge on any atom is 0.275 e. The highest BCUT2D eigenvalue weighted by atomic mass is 32.1. The highest BCUT2D eigenvalue weighted by Gasteiger charge is 2.24. The molecule has 0 saturated carbocycles. The molecule has 0 aromatic carbocycles. The van der Waals surface area contributed by atoms with Gasteiger partial charge in [-0.05, 0) is 42.0 Å². The van der Waals surface area contributed by atoms with E-state index in [0.717, 1.165) is 18.6 Å². The molecule has 0 aliphatic carbocycles. The second kappa shape index (κ2) is 6.83. The summed E-state index contributed by atoms with van der Waals surface area (Å²) >= 11 is 1.73. The van der Waals surface area contributed by atoms with Crippen LogP contribution >= 0.6 is 11.3 Å². The first-order chi connectivity index (χ1) is 10.8. The number of aromatic nitrogens is 1. The molecule has 0 atom stereocenters. The summed E-state index contributed by atoms with van der Waals surface area (Å²) in [6, 6.07) is 5.74. The number of unbranched alkanes of at least 4 members (excludes halogenated alkanes) is 1. The molecule has 114 valence electrons. The number of aryl methyl sites for hydroxylation is 1. The second-order valence-corrected chi connectivity index (χ2v) is 6.26. The van der Waals surface area contributed by atoms with Crippen molar-refractivity contribution in [1.29, 1.82) is 0 Å². The lowest BCUT2D eigenvalue weighted by molar-refractivity contribution is 0.0778.